The van der Waals surface area contributed by atoms with E-state index in [9.17, 15) is 4.79 Å². The van der Waals surface area contributed by atoms with Crippen LogP contribution in [0, 0.1) is 5.41 Å². The molecule has 2 aromatic rings. The molecular weight excluding hydrogens is 344 g/mol. The van der Waals surface area contributed by atoms with Crippen molar-refractivity contribution >= 4 is 17.2 Å². The monoisotopic (exact) mass is 370 g/mol. The van der Waals surface area contributed by atoms with Crippen molar-refractivity contribution in [3.8, 4) is 0 Å². The van der Waals surface area contributed by atoms with Crippen LogP contribution in [-0.2, 0) is 17.8 Å². The third-order valence-corrected chi connectivity index (χ3v) is 6.78. The molecule has 26 heavy (non-hydrogen) atoms. The number of carbonyl (C=O) groups excluding carboxylic acids is 1. The van der Waals surface area contributed by atoms with E-state index in [1.807, 2.05) is 18.3 Å². The maximum Gasteiger partial charge on any atom is 0.227 e. The van der Waals surface area contributed by atoms with E-state index in [0.717, 1.165) is 51.1 Å². The summed E-state index contributed by atoms with van der Waals surface area (Å²) < 4.78 is 0. The average Bonchev–Trinajstić information content (AvgIpc) is 3.18. The number of likely N-dealkylation sites (tertiary alicyclic amines) is 2. The lowest BCUT2D eigenvalue weighted by molar-refractivity contribution is -0.133. The van der Waals surface area contributed by atoms with Gasteiger partial charge < -0.3 is 4.90 Å². The zero-order valence-corrected chi connectivity index (χ0v) is 16.0. The fraction of sp³-hybridized carbons (Fsp3) is 0.550. The molecule has 4 heterocycles. The second-order valence-electron chi connectivity index (χ2n) is 7.62. The number of carbonyl (C=O) groups is 1. The fourth-order valence-electron chi connectivity index (χ4n) is 4.23. The Kier molecular flexibility index (Phi) is 5.31. The van der Waals surface area contributed by atoms with Crippen LogP contribution < -0.4 is 0 Å². The Morgan fingerprint density at radius 1 is 1.12 bits per heavy atom. The highest BCUT2D eigenvalue weighted by Crippen LogP contribution is 2.41. The maximum atomic E-state index is 12.6. The second kappa shape index (κ2) is 7.84. The van der Waals surface area contributed by atoms with Gasteiger partial charge in [0.2, 0.25) is 5.91 Å². The van der Waals surface area contributed by atoms with Gasteiger partial charge in [-0.2, -0.15) is 0 Å². The molecule has 0 radical (unpaired) electrons. The number of thiazole rings is 1. The molecule has 0 aliphatic carbocycles. The molecule has 1 spiro atoms. The zero-order valence-electron chi connectivity index (χ0n) is 15.1. The lowest BCUT2D eigenvalue weighted by Gasteiger charge is -2.46. The summed E-state index contributed by atoms with van der Waals surface area (Å²) in [5.41, 5.74) is 1.46. The zero-order chi connectivity index (χ0) is 17.8. The Morgan fingerprint density at radius 2 is 1.88 bits per heavy atom. The third kappa shape index (κ3) is 4.13. The number of nitrogens with zero attached hydrogens (tertiary/aromatic N) is 4. The van der Waals surface area contributed by atoms with Crippen molar-refractivity contribution in [2.24, 2.45) is 5.41 Å². The second-order valence-corrected chi connectivity index (χ2v) is 8.60. The molecule has 6 heteroatoms. The Balaban J connectivity index is 1.25. The Labute approximate surface area is 159 Å². The van der Waals surface area contributed by atoms with Crippen LogP contribution in [0.2, 0.25) is 0 Å². The van der Waals surface area contributed by atoms with Gasteiger partial charge >= 0.3 is 0 Å². The van der Waals surface area contributed by atoms with E-state index in [0.29, 0.717) is 11.8 Å². The molecule has 2 saturated heterocycles. The predicted octanol–water partition coefficient (Wildman–Crippen LogP) is 2.99. The predicted molar refractivity (Wildman–Crippen MR) is 103 cm³/mol. The summed E-state index contributed by atoms with van der Waals surface area (Å²) in [5.74, 6) is 0.244. The highest BCUT2D eigenvalue weighted by molar-refractivity contribution is 7.09. The van der Waals surface area contributed by atoms with Gasteiger partial charge in [0.05, 0.1) is 13.0 Å². The van der Waals surface area contributed by atoms with Gasteiger partial charge in [-0.05, 0) is 55.8 Å². The first-order valence-electron chi connectivity index (χ1n) is 9.50. The van der Waals surface area contributed by atoms with E-state index in [1.54, 1.807) is 23.7 Å². The minimum atomic E-state index is 0.244. The minimum absolute atomic E-state index is 0.244. The number of pyridine rings is 1. The fourth-order valence-corrected chi connectivity index (χ4v) is 4.89. The van der Waals surface area contributed by atoms with Crippen LogP contribution >= 0.6 is 11.3 Å². The first-order valence-corrected chi connectivity index (χ1v) is 10.4. The Morgan fingerprint density at radius 3 is 2.54 bits per heavy atom. The van der Waals surface area contributed by atoms with Gasteiger partial charge in [-0.15, -0.1) is 11.3 Å². The molecule has 5 nitrogen and oxygen atoms in total. The number of amides is 1. The van der Waals surface area contributed by atoms with E-state index >= 15 is 0 Å². The summed E-state index contributed by atoms with van der Waals surface area (Å²) in [7, 11) is 0. The van der Waals surface area contributed by atoms with E-state index in [2.05, 4.69) is 25.1 Å². The van der Waals surface area contributed by atoms with Gasteiger partial charge in [0.1, 0.15) is 5.01 Å². The minimum Gasteiger partial charge on any atom is -0.342 e. The van der Waals surface area contributed by atoms with Crippen LogP contribution in [0.15, 0.2) is 36.1 Å². The van der Waals surface area contributed by atoms with Crippen molar-refractivity contribution in [2.75, 3.05) is 26.2 Å². The topological polar surface area (TPSA) is 49.3 Å². The molecule has 0 bridgehead atoms. The van der Waals surface area contributed by atoms with Crippen molar-refractivity contribution in [1.82, 2.24) is 19.8 Å². The van der Waals surface area contributed by atoms with E-state index in [-0.39, 0.29) is 5.91 Å². The van der Waals surface area contributed by atoms with Crippen molar-refractivity contribution in [2.45, 2.75) is 38.6 Å². The van der Waals surface area contributed by atoms with Gasteiger partial charge in [0.15, 0.2) is 0 Å². The largest absolute Gasteiger partial charge is 0.342 e. The first kappa shape index (κ1) is 17.6. The van der Waals surface area contributed by atoms with Crippen molar-refractivity contribution in [3.05, 3.63) is 46.7 Å². The SMILES string of the molecule is O=C(Cc1cccnc1)N1CCC2(CCN(Cc3nccs3)CC2)CC1. The number of rotatable bonds is 4. The number of hydrogen-bond donors (Lipinski definition) is 0. The highest BCUT2D eigenvalue weighted by atomic mass is 32.1. The van der Waals surface area contributed by atoms with Gasteiger partial charge in [0, 0.05) is 37.1 Å². The molecule has 4 rings (SSSR count). The smallest absolute Gasteiger partial charge is 0.227 e. The lowest BCUT2D eigenvalue weighted by Crippen LogP contribution is -2.48. The van der Waals surface area contributed by atoms with Crippen molar-refractivity contribution in [1.29, 1.82) is 0 Å². The molecule has 0 atom stereocenters. The van der Waals surface area contributed by atoms with Crippen LogP contribution in [0.1, 0.15) is 36.3 Å². The van der Waals surface area contributed by atoms with Gasteiger partial charge in [-0.1, -0.05) is 6.07 Å². The molecule has 138 valence electrons. The van der Waals surface area contributed by atoms with Gasteiger partial charge in [-0.3, -0.25) is 14.7 Å². The first-order chi connectivity index (χ1) is 12.7. The molecule has 0 saturated carbocycles. The molecule has 2 aromatic heterocycles. The van der Waals surface area contributed by atoms with Crippen molar-refractivity contribution in [3.63, 3.8) is 0 Å². The van der Waals surface area contributed by atoms with Crippen LogP contribution in [-0.4, -0.2) is 51.9 Å². The third-order valence-electron chi connectivity index (χ3n) is 6.01. The summed E-state index contributed by atoms with van der Waals surface area (Å²) in [6.45, 7) is 5.12. The van der Waals surface area contributed by atoms with E-state index in [1.165, 1.54) is 17.8 Å². The van der Waals surface area contributed by atoms with Crippen LogP contribution in [0.4, 0.5) is 0 Å². The number of aromatic nitrogens is 2. The molecule has 2 aliphatic rings. The van der Waals surface area contributed by atoms with Gasteiger partial charge in [-0.25, -0.2) is 4.98 Å². The summed E-state index contributed by atoms with van der Waals surface area (Å²) in [4.78, 5) is 25.7. The summed E-state index contributed by atoms with van der Waals surface area (Å²) >= 11 is 1.75. The molecular formula is C20H26N4OS. The molecule has 2 fully saturated rings. The molecule has 1 amide bonds. The normalized spacial score (nSPS) is 20.4. The molecule has 0 unspecified atom stereocenters. The summed E-state index contributed by atoms with van der Waals surface area (Å²) in [5, 5.41) is 3.27. The van der Waals surface area contributed by atoms with Crippen LogP contribution in [0.5, 0.6) is 0 Å². The molecule has 0 aromatic carbocycles. The summed E-state index contributed by atoms with van der Waals surface area (Å²) in [6.07, 6.45) is 10.7. The van der Waals surface area contributed by atoms with Crippen LogP contribution in [0.3, 0.4) is 0 Å². The maximum absolute atomic E-state index is 12.6. The van der Waals surface area contributed by atoms with Crippen LogP contribution in [0.25, 0.3) is 0 Å². The average molecular weight is 371 g/mol. The Hall–Kier alpha value is -1.79. The quantitative estimate of drug-likeness (QED) is 0.830. The molecule has 0 N–H and O–H groups in total. The number of hydrogen-bond acceptors (Lipinski definition) is 5. The lowest BCUT2D eigenvalue weighted by atomic mass is 9.71. The van der Waals surface area contributed by atoms with E-state index in [4.69, 9.17) is 0 Å². The van der Waals surface area contributed by atoms with Crippen molar-refractivity contribution < 1.29 is 4.79 Å². The number of piperidine rings is 2. The summed E-state index contributed by atoms with van der Waals surface area (Å²) in [6, 6.07) is 3.88. The van der Waals surface area contributed by atoms with Gasteiger partial charge in [0.25, 0.3) is 0 Å². The standard InChI is InChI=1S/C20H26N4OS/c25-19(14-17-2-1-7-21-15-17)24-11-5-20(6-12-24)3-9-23(10-4-20)16-18-22-8-13-26-18/h1-2,7-8,13,15H,3-6,9-12,14,16H2. The van der Waals surface area contributed by atoms with E-state index < -0.39 is 0 Å². The Bertz CT molecular complexity index is 701. The highest BCUT2D eigenvalue weighted by Gasteiger charge is 2.38. The molecule has 2 aliphatic heterocycles.